The molecule has 1 unspecified atom stereocenters. The van der Waals surface area contributed by atoms with Gasteiger partial charge >= 0.3 is 0 Å². The lowest BCUT2D eigenvalue weighted by Crippen LogP contribution is -2.22. The molecule has 0 bridgehead atoms. The zero-order chi connectivity index (χ0) is 11.4. The number of amides is 1. The first kappa shape index (κ1) is 12.0. The maximum absolute atomic E-state index is 11.9. The molecule has 4 heteroatoms. The van der Waals surface area contributed by atoms with E-state index in [1.807, 2.05) is 36.0 Å². The van der Waals surface area contributed by atoms with Gasteiger partial charge in [-0.1, -0.05) is 28.1 Å². The van der Waals surface area contributed by atoms with Crippen molar-refractivity contribution in [3.05, 3.63) is 29.8 Å². The van der Waals surface area contributed by atoms with E-state index in [0.29, 0.717) is 0 Å². The van der Waals surface area contributed by atoms with Crippen molar-refractivity contribution >= 4 is 39.3 Å². The van der Waals surface area contributed by atoms with Crippen LogP contribution in [-0.2, 0) is 10.1 Å². The number of halogens is 1. The quantitative estimate of drug-likeness (QED) is 0.868. The second kappa shape index (κ2) is 5.73. The molecule has 1 aromatic rings. The van der Waals surface area contributed by atoms with Crippen LogP contribution in [-0.4, -0.2) is 17.4 Å². The number of thioether (sulfide) groups is 1. The predicted molar refractivity (Wildman–Crippen MR) is 73.1 cm³/mol. The van der Waals surface area contributed by atoms with Crippen LogP contribution in [0.2, 0.25) is 0 Å². The topological polar surface area (TPSA) is 29.1 Å². The Bertz CT molecular complexity index is 377. The summed E-state index contributed by atoms with van der Waals surface area (Å²) < 4.78 is 0. The summed E-state index contributed by atoms with van der Waals surface area (Å²) in [5, 5.41) is 3.80. The summed E-state index contributed by atoms with van der Waals surface area (Å²) in [5.41, 5.74) is 2.08. The number of nitrogens with one attached hydrogen (secondary N) is 1. The minimum atomic E-state index is 0.164. The lowest BCUT2D eigenvalue weighted by Gasteiger charge is -2.10. The number of rotatable bonds is 3. The molecule has 16 heavy (non-hydrogen) atoms. The fraction of sp³-hybridized carbons (Fsp3) is 0.417. The van der Waals surface area contributed by atoms with E-state index >= 15 is 0 Å². The fourth-order valence-electron chi connectivity index (χ4n) is 1.72. The average Bonchev–Trinajstić information content (AvgIpc) is 2.83. The maximum atomic E-state index is 11.9. The molecule has 1 saturated heterocycles. The van der Waals surface area contributed by atoms with Crippen LogP contribution in [0.25, 0.3) is 0 Å². The first-order chi connectivity index (χ1) is 7.79. The Morgan fingerprint density at radius 1 is 1.56 bits per heavy atom. The van der Waals surface area contributed by atoms with Gasteiger partial charge in [0, 0.05) is 22.7 Å². The van der Waals surface area contributed by atoms with Gasteiger partial charge < -0.3 is 5.32 Å². The van der Waals surface area contributed by atoms with Crippen molar-refractivity contribution in [3.63, 3.8) is 0 Å². The summed E-state index contributed by atoms with van der Waals surface area (Å²) in [7, 11) is 0. The maximum Gasteiger partial charge on any atom is 0.228 e. The van der Waals surface area contributed by atoms with Crippen LogP contribution in [0.5, 0.6) is 0 Å². The molecule has 0 spiro atoms. The van der Waals surface area contributed by atoms with Crippen molar-refractivity contribution in [3.8, 4) is 0 Å². The summed E-state index contributed by atoms with van der Waals surface area (Å²) in [4.78, 5) is 11.9. The molecule has 0 aliphatic carbocycles. The monoisotopic (exact) mass is 299 g/mol. The number of alkyl halides is 1. The highest BCUT2D eigenvalue weighted by Gasteiger charge is 2.22. The van der Waals surface area contributed by atoms with Gasteiger partial charge in [0.05, 0.1) is 0 Å². The molecule has 1 aliphatic heterocycles. The Balaban J connectivity index is 1.99. The molecular weight excluding hydrogens is 286 g/mol. The smallest absolute Gasteiger partial charge is 0.228 e. The molecule has 0 aromatic heterocycles. The van der Waals surface area contributed by atoms with Crippen molar-refractivity contribution in [2.45, 2.75) is 11.8 Å². The summed E-state index contributed by atoms with van der Waals surface area (Å²) in [6.45, 7) is 0. The molecule has 1 heterocycles. The lowest BCUT2D eigenvalue weighted by molar-refractivity contribution is -0.119. The zero-order valence-corrected chi connectivity index (χ0v) is 11.3. The van der Waals surface area contributed by atoms with Gasteiger partial charge in [0.2, 0.25) is 5.91 Å². The van der Waals surface area contributed by atoms with Crippen LogP contribution >= 0.6 is 27.7 Å². The van der Waals surface area contributed by atoms with Crippen LogP contribution in [0.4, 0.5) is 5.69 Å². The van der Waals surface area contributed by atoms with Gasteiger partial charge in [-0.3, -0.25) is 4.79 Å². The Kier molecular flexibility index (Phi) is 4.29. The Morgan fingerprint density at radius 3 is 3.12 bits per heavy atom. The van der Waals surface area contributed by atoms with Gasteiger partial charge in [-0.25, -0.2) is 0 Å². The van der Waals surface area contributed by atoms with E-state index in [1.54, 1.807) is 0 Å². The van der Waals surface area contributed by atoms with E-state index < -0.39 is 0 Å². The third-order valence-electron chi connectivity index (χ3n) is 2.65. The molecule has 1 aromatic carbocycles. The molecule has 2 nitrogen and oxygen atoms in total. The minimum absolute atomic E-state index is 0.164. The largest absolute Gasteiger partial charge is 0.326 e. The number of carbonyl (C=O) groups is 1. The molecule has 1 N–H and O–H groups in total. The number of hydrogen-bond donors (Lipinski definition) is 1. The molecule has 1 atom stereocenters. The van der Waals surface area contributed by atoms with E-state index in [2.05, 4.69) is 21.2 Å². The van der Waals surface area contributed by atoms with E-state index in [-0.39, 0.29) is 11.8 Å². The number of benzene rings is 1. The van der Waals surface area contributed by atoms with Crippen LogP contribution in [0.15, 0.2) is 24.3 Å². The minimum Gasteiger partial charge on any atom is -0.326 e. The first-order valence-corrected chi connectivity index (χ1v) is 7.60. The van der Waals surface area contributed by atoms with E-state index in [0.717, 1.165) is 28.9 Å². The van der Waals surface area contributed by atoms with E-state index in [4.69, 9.17) is 0 Å². The van der Waals surface area contributed by atoms with Gasteiger partial charge in [-0.2, -0.15) is 11.8 Å². The zero-order valence-electron chi connectivity index (χ0n) is 8.91. The van der Waals surface area contributed by atoms with Crippen LogP contribution in [0.3, 0.4) is 0 Å². The predicted octanol–water partition coefficient (Wildman–Crippen LogP) is 3.27. The number of anilines is 1. The molecule has 1 fully saturated rings. The normalized spacial score (nSPS) is 19.7. The van der Waals surface area contributed by atoms with Crippen molar-refractivity contribution in [2.24, 2.45) is 5.92 Å². The summed E-state index contributed by atoms with van der Waals surface area (Å²) in [6.07, 6.45) is 1.01. The van der Waals surface area contributed by atoms with Gasteiger partial charge in [0.1, 0.15) is 0 Å². The molecule has 86 valence electrons. The van der Waals surface area contributed by atoms with Crippen LogP contribution in [0, 0.1) is 5.92 Å². The fourth-order valence-corrected chi connectivity index (χ4v) is 3.29. The number of carbonyl (C=O) groups excluding carboxylic acids is 1. The van der Waals surface area contributed by atoms with E-state index in [1.165, 1.54) is 5.56 Å². The summed E-state index contributed by atoms with van der Waals surface area (Å²) >= 11 is 5.27. The van der Waals surface area contributed by atoms with Crippen LogP contribution < -0.4 is 5.32 Å². The van der Waals surface area contributed by atoms with Crippen molar-refractivity contribution in [2.75, 3.05) is 16.8 Å². The Morgan fingerprint density at radius 2 is 2.44 bits per heavy atom. The lowest BCUT2D eigenvalue weighted by atomic mass is 10.1. The second-order valence-corrected chi connectivity index (χ2v) is 5.59. The molecule has 1 amide bonds. The van der Waals surface area contributed by atoms with E-state index in [9.17, 15) is 4.79 Å². The SMILES string of the molecule is O=C(Nc1cccc(CBr)c1)C1CCSC1. The molecule has 1 aliphatic rings. The Labute approximate surface area is 108 Å². The van der Waals surface area contributed by atoms with Gasteiger partial charge in [0.25, 0.3) is 0 Å². The van der Waals surface area contributed by atoms with Crippen molar-refractivity contribution in [1.82, 2.24) is 0 Å². The second-order valence-electron chi connectivity index (χ2n) is 3.88. The molecule has 0 radical (unpaired) electrons. The highest BCUT2D eigenvalue weighted by atomic mass is 79.9. The molecular formula is C12H14BrNOS. The third-order valence-corrected chi connectivity index (χ3v) is 4.46. The van der Waals surface area contributed by atoms with Gasteiger partial charge in [-0.15, -0.1) is 0 Å². The first-order valence-electron chi connectivity index (χ1n) is 5.33. The average molecular weight is 300 g/mol. The van der Waals surface area contributed by atoms with Crippen molar-refractivity contribution < 1.29 is 4.79 Å². The highest BCUT2D eigenvalue weighted by molar-refractivity contribution is 9.08. The highest BCUT2D eigenvalue weighted by Crippen LogP contribution is 2.24. The Hall–Kier alpha value is -0.480. The molecule has 0 saturated carbocycles. The standard InChI is InChI=1S/C12H14BrNOS/c13-7-9-2-1-3-11(6-9)14-12(15)10-4-5-16-8-10/h1-3,6,10H,4-5,7-8H2,(H,14,15). The summed E-state index contributed by atoms with van der Waals surface area (Å²) in [6, 6.07) is 7.95. The van der Waals surface area contributed by atoms with Gasteiger partial charge in [0.15, 0.2) is 0 Å². The third kappa shape index (κ3) is 3.01. The molecule has 2 rings (SSSR count). The van der Waals surface area contributed by atoms with Gasteiger partial charge in [-0.05, 0) is 29.9 Å². The number of hydrogen-bond acceptors (Lipinski definition) is 2. The van der Waals surface area contributed by atoms with Crippen molar-refractivity contribution in [1.29, 1.82) is 0 Å². The summed E-state index contributed by atoms with van der Waals surface area (Å²) in [5.74, 6) is 2.43. The van der Waals surface area contributed by atoms with Crippen LogP contribution in [0.1, 0.15) is 12.0 Å².